The quantitative estimate of drug-likeness (QED) is 0.576. The third-order valence-electron chi connectivity index (χ3n) is 5.04. The molecule has 0 aliphatic rings. The standard InChI is InChI=1S/C23H36FNO4/c1-9-17(10-2)20(19-12-11-18(24)13-14(19)3)16(5)28-21(26)15(4)25-22(27)29-23(6,7)8/h11-13,15-17,20H,9-10H2,1-8H3,(H,25,27)/t15-,16-,20+/m0/s1. The molecule has 164 valence electrons. The van der Waals surface area contributed by atoms with Crippen molar-refractivity contribution in [3.63, 3.8) is 0 Å². The number of rotatable bonds is 8. The summed E-state index contributed by atoms with van der Waals surface area (Å²) in [5.41, 5.74) is 1.17. The lowest BCUT2D eigenvalue weighted by molar-refractivity contribution is -0.152. The minimum Gasteiger partial charge on any atom is -0.460 e. The summed E-state index contributed by atoms with van der Waals surface area (Å²) in [6, 6.07) is 3.88. The highest BCUT2D eigenvalue weighted by atomic mass is 19.1. The van der Waals surface area contributed by atoms with E-state index in [1.54, 1.807) is 33.8 Å². The van der Waals surface area contributed by atoms with Gasteiger partial charge in [-0.3, -0.25) is 0 Å². The summed E-state index contributed by atoms with van der Waals surface area (Å²) in [5.74, 6) is -0.604. The molecular weight excluding hydrogens is 373 g/mol. The summed E-state index contributed by atoms with van der Waals surface area (Å²) in [6.07, 6.45) is 0.719. The molecule has 1 rings (SSSR count). The Hall–Kier alpha value is -2.11. The molecular formula is C23H36FNO4. The highest BCUT2D eigenvalue weighted by molar-refractivity contribution is 5.81. The molecule has 0 unspecified atom stereocenters. The lowest BCUT2D eigenvalue weighted by atomic mass is 9.78. The Morgan fingerprint density at radius 3 is 2.21 bits per heavy atom. The summed E-state index contributed by atoms with van der Waals surface area (Å²) >= 11 is 0. The normalized spacial score (nSPS) is 14.8. The van der Waals surface area contributed by atoms with Crippen LogP contribution in [0.25, 0.3) is 0 Å². The predicted molar refractivity (Wildman–Crippen MR) is 112 cm³/mol. The highest BCUT2D eigenvalue weighted by Crippen LogP contribution is 2.36. The first-order valence-corrected chi connectivity index (χ1v) is 10.4. The number of halogens is 1. The van der Waals surface area contributed by atoms with Gasteiger partial charge in [0.25, 0.3) is 0 Å². The number of esters is 1. The van der Waals surface area contributed by atoms with Gasteiger partial charge in [-0.15, -0.1) is 0 Å². The fourth-order valence-corrected chi connectivity index (χ4v) is 3.60. The second kappa shape index (κ2) is 10.6. The number of benzene rings is 1. The second-order valence-electron chi connectivity index (χ2n) is 8.61. The zero-order valence-electron chi connectivity index (χ0n) is 19.0. The van der Waals surface area contributed by atoms with Crippen LogP contribution >= 0.6 is 0 Å². The molecule has 0 saturated heterocycles. The van der Waals surface area contributed by atoms with Crippen LogP contribution < -0.4 is 5.32 Å². The molecule has 5 nitrogen and oxygen atoms in total. The molecule has 6 heteroatoms. The van der Waals surface area contributed by atoms with Gasteiger partial charge in [-0.25, -0.2) is 14.0 Å². The van der Waals surface area contributed by atoms with Gasteiger partial charge in [0.2, 0.25) is 0 Å². The zero-order chi connectivity index (χ0) is 22.4. The van der Waals surface area contributed by atoms with Crippen molar-refractivity contribution in [3.05, 3.63) is 35.1 Å². The number of carbonyl (C=O) groups is 2. The molecule has 1 aromatic rings. The Bertz CT molecular complexity index is 695. The maximum absolute atomic E-state index is 13.6. The van der Waals surface area contributed by atoms with Crippen LogP contribution in [0.5, 0.6) is 0 Å². The fraction of sp³-hybridized carbons (Fsp3) is 0.652. The molecule has 0 spiro atoms. The molecule has 0 fully saturated rings. The largest absolute Gasteiger partial charge is 0.460 e. The van der Waals surface area contributed by atoms with Crippen LogP contribution in [0.2, 0.25) is 0 Å². The average molecular weight is 410 g/mol. The van der Waals surface area contributed by atoms with Gasteiger partial charge in [0.15, 0.2) is 0 Å². The van der Waals surface area contributed by atoms with Crippen molar-refractivity contribution in [1.82, 2.24) is 5.32 Å². The van der Waals surface area contributed by atoms with E-state index >= 15 is 0 Å². The molecule has 0 radical (unpaired) electrons. The molecule has 29 heavy (non-hydrogen) atoms. The van der Waals surface area contributed by atoms with Gasteiger partial charge in [-0.1, -0.05) is 32.8 Å². The molecule has 0 aliphatic carbocycles. The first-order valence-electron chi connectivity index (χ1n) is 10.4. The summed E-state index contributed by atoms with van der Waals surface area (Å²) < 4.78 is 24.5. The number of amides is 1. The van der Waals surface area contributed by atoms with E-state index in [9.17, 15) is 14.0 Å². The molecule has 3 atom stereocenters. The minimum atomic E-state index is -0.844. The van der Waals surface area contributed by atoms with Gasteiger partial charge in [0.05, 0.1) is 0 Å². The van der Waals surface area contributed by atoms with E-state index in [0.29, 0.717) is 0 Å². The van der Waals surface area contributed by atoms with E-state index in [-0.39, 0.29) is 17.7 Å². The van der Waals surface area contributed by atoms with Crippen molar-refractivity contribution in [3.8, 4) is 0 Å². The Labute approximate surface area is 174 Å². The number of hydrogen-bond acceptors (Lipinski definition) is 4. The lowest BCUT2D eigenvalue weighted by Gasteiger charge is -2.32. The van der Waals surface area contributed by atoms with Crippen LogP contribution in [-0.4, -0.2) is 29.8 Å². The van der Waals surface area contributed by atoms with Crippen LogP contribution in [-0.2, 0) is 14.3 Å². The van der Waals surface area contributed by atoms with E-state index in [1.165, 1.54) is 12.1 Å². The molecule has 1 aromatic carbocycles. The smallest absolute Gasteiger partial charge is 0.408 e. The molecule has 0 aromatic heterocycles. The number of ether oxygens (including phenoxy) is 2. The van der Waals surface area contributed by atoms with Gasteiger partial charge in [-0.2, -0.15) is 0 Å². The van der Waals surface area contributed by atoms with Crippen LogP contribution in [0, 0.1) is 18.7 Å². The SMILES string of the molecule is CCC(CC)[C@H](c1ccc(F)cc1C)[C@H](C)OC(=O)[C@H](C)NC(=O)OC(C)(C)C. The van der Waals surface area contributed by atoms with Crippen molar-refractivity contribution in [2.24, 2.45) is 5.92 Å². The topological polar surface area (TPSA) is 64.6 Å². The second-order valence-corrected chi connectivity index (χ2v) is 8.61. The summed E-state index contributed by atoms with van der Waals surface area (Å²) in [5, 5.41) is 2.51. The third-order valence-corrected chi connectivity index (χ3v) is 5.04. The van der Waals surface area contributed by atoms with Gasteiger partial charge >= 0.3 is 12.1 Å². The van der Waals surface area contributed by atoms with Crippen molar-refractivity contribution in [2.45, 2.75) is 91.9 Å². The lowest BCUT2D eigenvalue weighted by Crippen LogP contribution is -2.44. The van der Waals surface area contributed by atoms with E-state index < -0.39 is 29.8 Å². The Balaban J connectivity index is 2.95. The molecule has 1 N–H and O–H groups in total. The van der Waals surface area contributed by atoms with Crippen molar-refractivity contribution in [1.29, 1.82) is 0 Å². The van der Waals surface area contributed by atoms with Crippen molar-refractivity contribution >= 4 is 12.1 Å². The van der Waals surface area contributed by atoms with E-state index in [4.69, 9.17) is 9.47 Å². The van der Waals surface area contributed by atoms with Crippen molar-refractivity contribution in [2.75, 3.05) is 0 Å². The maximum Gasteiger partial charge on any atom is 0.408 e. The fourth-order valence-electron chi connectivity index (χ4n) is 3.60. The maximum atomic E-state index is 13.6. The van der Waals surface area contributed by atoms with Crippen LogP contribution in [0.15, 0.2) is 18.2 Å². The zero-order valence-corrected chi connectivity index (χ0v) is 19.0. The molecule has 0 aliphatic heterocycles. The summed E-state index contributed by atoms with van der Waals surface area (Å²) in [4.78, 5) is 24.5. The van der Waals surface area contributed by atoms with Gasteiger partial charge in [-0.05, 0) is 70.7 Å². The Morgan fingerprint density at radius 2 is 1.72 bits per heavy atom. The number of hydrogen-bond donors (Lipinski definition) is 1. The van der Waals surface area contributed by atoms with Gasteiger partial charge < -0.3 is 14.8 Å². The van der Waals surface area contributed by atoms with E-state index in [2.05, 4.69) is 19.2 Å². The first-order chi connectivity index (χ1) is 13.4. The first kappa shape index (κ1) is 24.9. The number of aryl methyl sites for hydroxylation is 1. The summed E-state index contributed by atoms with van der Waals surface area (Å²) in [6.45, 7) is 14.7. The molecule has 0 saturated carbocycles. The molecule has 0 bridgehead atoms. The van der Waals surface area contributed by atoms with Crippen LogP contribution in [0.4, 0.5) is 9.18 Å². The monoisotopic (exact) mass is 409 g/mol. The summed E-state index contributed by atoms with van der Waals surface area (Å²) in [7, 11) is 0. The van der Waals surface area contributed by atoms with Crippen molar-refractivity contribution < 1.29 is 23.5 Å². The average Bonchev–Trinajstić information content (AvgIpc) is 2.58. The number of carbonyl (C=O) groups excluding carboxylic acids is 2. The van der Waals surface area contributed by atoms with E-state index in [0.717, 1.165) is 24.0 Å². The highest BCUT2D eigenvalue weighted by Gasteiger charge is 2.32. The van der Waals surface area contributed by atoms with Gasteiger partial charge in [0.1, 0.15) is 23.6 Å². The minimum absolute atomic E-state index is 0.0664. The molecule has 0 heterocycles. The van der Waals surface area contributed by atoms with Crippen LogP contribution in [0.1, 0.15) is 78.4 Å². The van der Waals surface area contributed by atoms with E-state index in [1.807, 2.05) is 13.8 Å². The van der Waals surface area contributed by atoms with Crippen LogP contribution in [0.3, 0.4) is 0 Å². The number of nitrogens with one attached hydrogen (secondary N) is 1. The third kappa shape index (κ3) is 7.67. The Kier molecular flexibility index (Phi) is 9.12. The number of alkyl carbamates (subject to hydrolysis) is 1. The predicted octanol–water partition coefficient (Wildman–Crippen LogP) is 5.50. The molecule has 1 amide bonds. The Morgan fingerprint density at radius 1 is 1.14 bits per heavy atom. The van der Waals surface area contributed by atoms with Gasteiger partial charge in [0, 0.05) is 5.92 Å².